The first-order valence-corrected chi connectivity index (χ1v) is 9.77. The highest BCUT2D eigenvalue weighted by atomic mass is 16.4. The van der Waals surface area contributed by atoms with Crippen molar-refractivity contribution < 1.29 is 14.0 Å². The number of piperidine rings is 1. The van der Waals surface area contributed by atoms with Gasteiger partial charge in [0.25, 0.3) is 11.5 Å². The van der Waals surface area contributed by atoms with E-state index in [4.69, 9.17) is 10.2 Å². The fraction of sp³-hybridized carbons (Fsp3) is 0.500. The van der Waals surface area contributed by atoms with Crippen molar-refractivity contribution in [1.82, 2.24) is 19.8 Å². The molecular weight excluding hydrogens is 374 g/mol. The van der Waals surface area contributed by atoms with Crippen LogP contribution in [0.15, 0.2) is 27.4 Å². The van der Waals surface area contributed by atoms with Gasteiger partial charge in [0.1, 0.15) is 0 Å². The van der Waals surface area contributed by atoms with Gasteiger partial charge in [-0.25, -0.2) is 4.98 Å². The Bertz CT molecular complexity index is 1010. The van der Waals surface area contributed by atoms with E-state index in [9.17, 15) is 14.4 Å². The molecule has 2 aliphatic rings. The maximum atomic E-state index is 12.7. The third-order valence-corrected chi connectivity index (χ3v) is 5.83. The normalized spacial score (nSPS) is 23.4. The van der Waals surface area contributed by atoms with E-state index in [-0.39, 0.29) is 54.1 Å². The number of nitrogens with zero attached hydrogens (tertiary/aromatic N) is 3. The van der Waals surface area contributed by atoms with Crippen LogP contribution in [0.2, 0.25) is 0 Å². The Morgan fingerprint density at radius 3 is 2.79 bits per heavy atom. The van der Waals surface area contributed by atoms with Gasteiger partial charge in [-0.2, -0.15) is 0 Å². The van der Waals surface area contributed by atoms with Gasteiger partial charge in [0, 0.05) is 44.2 Å². The molecule has 154 valence electrons. The largest absolute Gasteiger partial charge is 0.436 e. The molecule has 0 aliphatic carbocycles. The van der Waals surface area contributed by atoms with Gasteiger partial charge >= 0.3 is 0 Å². The number of carbonyl (C=O) groups excluding carboxylic acids is 2. The van der Waals surface area contributed by atoms with Crippen LogP contribution in [-0.4, -0.2) is 52.4 Å². The molecule has 1 saturated heterocycles. The zero-order chi connectivity index (χ0) is 20.7. The topological polar surface area (TPSA) is 123 Å². The molecule has 0 unspecified atom stereocenters. The summed E-state index contributed by atoms with van der Waals surface area (Å²) in [5, 5.41) is 2.91. The average molecular weight is 399 g/mol. The van der Waals surface area contributed by atoms with Gasteiger partial charge < -0.3 is 20.0 Å². The molecule has 0 aromatic carbocycles. The van der Waals surface area contributed by atoms with Crippen LogP contribution in [-0.2, 0) is 4.79 Å². The van der Waals surface area contributed by atoms with Crippen molar-refractivity contribution in [2.75, 3.05) is 26.2 Å². The number of carbonyl (C=O) groups is 2. The number of amides is 2. The maximum absolute atomic E-state index is 12.7. The van der Waals surface area contributed by atoms with E-state index < -0.39 is 0 Å². The number of hydrogen-bond donors (Lipinski definition) is 2. The SMILES string of the molecule is Cc1nc(C)c(C(=O)NC[C@H]2[C@H]3C[C@H](CN(CC(N)=O)C3)c3cccc(=O)n32)o1. The highest BCUT2D eigenvalue weighted by Gasteiger charge is 2.40. The monoisotopic (exact) mass is 399 g/mol. The van der Waals surface area contributed by atoms with Crippen LogP contribution in [0.3, 0.4) is 0 Å². The van der Waals surface area contributed by atoms with Crippen LogP contribution in [0, 0.1) is 19.8 Å². The molecular formula is C20H25N5O4. The zero-order valence-corrected chi connectivity index (χ0v) is 16.6. The lowest BCUT2D eigenvalue weighted by Crippen LogP contribution is -2.53. The number of nitrogens with two attached hydrogens (primary N) is 1. The number of primary amides is 1. The number of aromatic nitrogens is 2. The summed E-state index contributed by atoms with van der Waals surface area (Å²) in [6.07, 6.45) is 0.902. The molecule has 3 atom stereocenters. The second-order valence-electron chi connectivity index (χ2n) is 7.94. The second kappa shape index (κ2) is 7.47. The van der Waals surface area contributed by atoms with Crippen LogP contribution in [0.25, 0.3) is 0 Å². The summed E-state index contributed by atoms with van der Waals surface area (Å²) in [4.78, 5) is 42.9. The minimum absolute atomic E-state index is 0.0773. The number of hydrogen-bond acceptors (Lipinski definition) is 6. The van der Waals surface area contributed by atoms with E-state index in [2.05, 4.69) is 10.3 Å². The predicted octanol–water partition coefficient (Wildman–Crippen LogP) is 0.329. The number of oxazole rings is 1. The van der Waals surface area contributed by atoms with Gasteiger partial charge in [-0.05, 0) is 25.3 Å². The average Bonchev–Trinajstić information content (AvgIpc) is 2.99. The molecule has 0 radical (unpaired) electrons. The van der Waals surface area contributed by atoms with Crippen molar-refractivity contribution in [2.24, 2.45) is 11.7 Å². The van der Waals surface area contributed by atoms with Crippen LogP contribution in [0.4, 0.5) is 0 Å². The van der Waals surface area contributed by atoms with Crippen molar-refractivity contribution >= 4 is 11.8 Å². The van der Waals surface area contributed by atoms with Gasteiger partial charge in [-0.3, -0.25) is 19.3 Å². The first kappa shape index (κ1) is 19.4. The van der Waals surface area contributed by atoms with Crippen molar-refractivity contribution in [1.29, 1.82) is 0 Å². The lowest BCUT2D eigenvalue weighted by atomic mass is 9.78. The van der Waals surface area contributed by atoms with Crippen molar-refractivity contribution in [2.45, 2.75) is 32.2 Å². The maximum Gasteiger partial charge on any atom is 0.289 e. The highest BCUT2D eigenvalue weighted by Crippen LogP contribution is 2.40. The first-order chi connectivity index (χ1) is 13.8. The summed E-state index contributed by atoms with van der Waals surface area (Å²) >= 11 is 0. The number of fused-ring (bicyclic) bond motifs is 4. The summed E-state index contributed by atoms with van der Waals surface area (Å²) in [5.41, 5.74) is 6.79. The molecule has 2 aromatic heterocycles. The molecule has 9 heteroatoms. The smallest absolute Gasteiger partial charge is 0.289 e. The van der Waals surface area contributed by atoms with Crippen LogP contribution in [0.5, 0.6) is 0 Å². The summed E-state index contributed by atoms with van der Waals surface area (Å²) in [6.45, 7) is 5.24. The Hall–Kier alpha value is -2.94. The Balaban J connectivity index is 1.60. The highest BCUT2D eigenvalue weighted by molar-refractivity contribution is 5.92. The molecule has 2 bridgehead atoms. The standard InChI is InChI=1S/C20H25N5O4/c1-11-19(29-12(2)23-11)20(28)22-7-16-14-6-13(8-24(9-14)10-17(21)26)15-4-3-5-18(27)25(15)16/h3-5,13-14,16H,6-10H2,1-2H3,(H2,21,26)(H,22,28)/t13-,14+,16+/m1/s1. The van der Waals surface area contributed by atoms with Crippen LogP contribution < -0.4 is 16.6 Å². The Morgan fingerprint density at radius 1 is 1.31 bits per heavy atom. The molecule has 1 fully saturated rings. The quantitative estimate of drug-likeness (QED) is 0.747. The van der Waals surface area contributed by atoms with E-state index in [1.54, 1.807) is 30.5 Å². The number of pyridine rings is 1. The van der Waals surface area contributed by atoms with E-state index >= 15 is 0 Å². The summed E-state index contributed by atoms with van der Waals surface area (Å²) in [5.74, 6) is 0.198. The Kier molecular flexibility index (Phi) is 4.99. The molecule has 3 N–H and O–H groups in total. The number of rotatable bonds is 5. The fourth-order valence-corrected chi connectivity index (χ4v) is 4.77. The van der Waals surface area contributed by atoms with Crippen LogP contribution in [0.1, 0.15) is 46.2 Å². The first-order valence-electron chi connectivity index (χ1n) is 9.77. The number of aryl methyl sites for hydroxylation is 2. The van der Waals surface area contributed by atoms with Gasteiger partial charge in [-0.1, -0.05) is 6.07 Å². The van der Waals surface area contributed by atoms with Gasteiger partial charge in [0.2, 0.25) is 11.7 Å². The van der Waals surface area contributed by atoms with E-state index in [0.717, 1.165) is 12.1 Å². The molecule has 9 nitrogen and oxygen atoms in total. The molecule has 2 aliphatic heterocycles. The predicted molar refractivity (Wildman–Crippen MR) is 105 cm³/mol. The van der Waals surface area contributed by atoms with Gasteiger partial charge in [0.15, 0.2) is 5.89 Å². The minimum atomic E-state index is -0.364. The van der Waals surface area contributed by atoms with E-state index in [1.807, 2.05) is 11.0 Å². The molecule has 2 amide bonds. The molecule has 0 saturated carbocycles. The van der Waals surface area contributed by atoms with E-state index in [0.29, 0.717) is 24.7 Å². The van der Waals surface area contributed by atoms with Crippen molar-refractivity contribution in [3.05, 3.63) is 51.6 Å². The van der Waals surface area contributed by atoms with Crippen LogP contribution >= 0.6 is 0 Å². The third kappa shape index (κ3) is 3.69. The summed E-state index contributed by atoms with van der Waals surface area (Å²) < 4.78 is 7.20. The fourth-order valence-electron chi connectivity index (χ4n) is 4.77. The second-order valence-corrected chi connectivity index (χ2v) is 7.94. The molecule has 29 heavy (non-hydrogen) atoms. The third-order valence-electron chi connectivity index (χ3n) is 5.83. The molecule has 4 heterocycles. The molecule has 2 aromatic rings. The summed E-state index contributed by atoms with van der Waals surface area (Å²) in [7, 11) is 0. The minimum Gasteiger partial charge on any atom is -0.436 e. The van der Waals surface area contributed by atoms with Gasteiger partial charge in [0.05, 0.1) is 18.3 Å². The number of likely N-dealkylation sites (tertiary alicyclic amines) is 1. The van der Waals surface area contributed by atoms with Crippen molar-refractivity contribution in [3.8, 4) is 0 Å². The van der Waals surface area contributed by atoms with Gasteiger partial charge in [-0.15, -0.1) is 0 Å². The number of nitrogens with one attached hydrogen (secondary N) is 1. The summed E-state index contributed by atoms with van der Waals surface area (Å²) in [6, 6.07) is 5.05. The lowest BCUT2D eigenvalue weighted by Gasteiger charge is -2.46. The Morgan fingerprint density at radius 2 is 2.10 bits per heavy atom. The lowest BCUT2D eigenvalue weighted by molar-refractivity contribution is -0.119. The molecule has 4 rings (SSSR count). The van der Waals surface area contributed by atoms with Crippen molar-refractivity contribution in [3.63, 3.8) is 0 Å². The zero-order valence-electron chi connectivity index (χ0n) is 16.6. The van der Waals surface area contributed by atoms with E-state index in [1.165, 1.54) is 0 Å². The Labute approximate surface area is 167 Å². The molecule has 0 spiro atoms.